The van der Waals surface area contributed by atoms with Gasteiger partial charge in [0.15, 0.2) is 9.84 Å². The fourth-order valence-electron chi connectivity index (χ4n) is 0.880. The second kappa shape index (κ2) is 3.73. The van der Waals surface area contributed by atoms with E-state index in [0.29, 0.717) is 5.56 Å². The highest BCUT2D eigenvalue weighted by Gasteiger charge is 2.10. The Morgan fingerprint density at radius 2 is 2.25 bits per heavy atom. The Bertz CT molecular complexity index is 314. The summed E-state index contributed by atoms with van der Waals surface area (Å²) in [7, 11) is -3.04. The fraction of sp³-hybridized carbons (Fsp3) is 0.429. The number of sulfone groups is 1. The standard InChI is InChI=1S/C7H11NO3S/c8-2-4-12(9,10)6-7-1-3-11-5-7/h1,3,5H,2,4,6,8H2. The lowest BCUT2D eigenvalue weighted by Gasteiger charge is -1.98. The Morgan fingerprint density at radius 1 is 1.50 bits per heavy atom. The molecule has 1 rings (SSSR count). The van der Waals surface area contributed by atoms with E-state index >= 15 is 0 Å². The Balaban J connectivity index is 2.63. The molecule has 0 saturated heterocycles. The van der Waals surface area contributed by atoms with Crippen LogP contribution in [0.4, 0.5) is 0 Å². The van der Waals surface area contributed by atoms with E-state index < -0.39 is 9.84 Å². The summed E-state index contributed by atoms with van der Waals surface area (Å²) in [6.45, 7) is 0.167. The van der Waals surface area contributed by atoms with E-state index in [2.05, 4.69) is 0 Å². The molecule has 0 bridgehead atoms. The zero-order valence-electron chi connectivity index (χ0n) is 6.56. The van der Waals surface area contributed by atoms with Crippen LogP contribution in [0, 0.1) is 0 Å². The van der Waals surface area contributed by atoms with Gasteiger partial charge in [-0.1, -0.05) is 0 Å². The molecule has 4 nitrogen and oxygen atoms in total. The van der Waals surface area contributed by atoms with Gasteiger partial charge in [-0.05, 0) is 6.07 Å². The van der Waals surface area contributed by atoms with Crippen molar-refractivity contribution in [2.45, 2.75) is 5.75 Å². The first-order chi connectivity index (χ1) is 5.64. The monoisotopic (exact) mass is 189 g/mol. The van der Waals surface area contributed by atoms with Crippen molar-refractivity contribution in [2.75, 3.05) is 12.3 Å². The molecule has 12 heavy (non-hydrogen) atoms. The predicted molar refractivity (Wildman–Crippen MR) is 45.3 cm³/mol. The van der Waals surface area contributed by atoms with E-state index in [1.165, 1.54) is 12.5 Å². The van der Waals surface area contributed by atoms with Gasteiger partial charge in [0.25, 0.3) is 0 Å². The van der Waals surface area contributed by atoms with Crippen LogP contribution < -0.4 is 5.73 Å². The van der Waals surface area contributed by atoms with E-state index in [4.69, 9.17) is 10.2 Å². The van der Waals surface area contributed by atoms with Crippen molar-refractivity contribution in [2.24, 2.45) is 5.73 Å². The Morgan fingerprint density at radius 3 is 2.75 bits per heavy atom. The van der Waals surface area contributed by atoms with Crippen molar-refractivity contribution in [3.05, 3.63) is 24.2 Å². The summed E-state index contributed by atoms with van der Waals surface area (Å²) < 4.78 is 27.1. The van der Waals surface area contributed by atoms with Crippen LogP contribution in [0.25, 0.3) is 0 Å². The van der Waals surface area contributed by atoms with Crippen LogP contribution in [-0.4, -0.2) is 20.7 Å². The molecule has 0 spiro atoms. The molecule has 0 aliphatic heterocycles. The molecule has 0 unspecified atom stereocenters. The van der Waals surface area contributed by atoms with Gasteiger partial charge in [0.1, 0.15) is 0 Å². The maximum absolute atomic E-state index is 11.2. The second-order valence-electron chi connectivity index (χ2n) is 2.51. The highest BCUT2D eigenvalue weighted by atomic mass is 32.2. The Kier molecular flexibility index (Phi) is 2.88. The molecule has 0 aromatic carbocycles. The minimum Gasteiger partial charge on any atom is -0.472 e. The third kappa shape index (κ3) is 2.67. The van der Waals surface area contributed by atoms with Gasteiger partial charge in [0.05, 0.1) is 24.0 Å². The number of hydrogen-bond acceptors (Lipinski definition) is 4. The zero-order valence-corrected chi connectivity index (χ0v) is 7.38. The Labute approximate surface area is 71.3 Å². The van der Waals surface area contributed by atoms with Crippen LogP contribution in [-0.2, 0) is 15.6 Å². The summed E-state index contributed by atoms with van der Waals surface area (Å²) in [4.78, 5) is 0. The molecule has 0 aliphatic carbocycles. The van der Waals surface area contributed by atoms with Gasteiger partial charge >= 0.3 is 0 Å². The van der Waals surface area contributed by atoms with Crippen molar-refractivity contribution in [1.82, 2.24) is 0 Å². The number of furan rings is 1. The van der Waals surface area contributed by atoms with Crippen LogP contribution in [0.2, 0.25) is 0 Å². The van der Waals surface area contributed by atoms with E-state index in [1.807, 2.05) is 0 Å². The molecule has 5 heteroatoms. The smallest absolute Gasteiger partial charge is 0.155 e. The Hall–Kier alpha value is -0.810. The minimum absolute atomic E-state index is 0.0146. The summed E-state index contributed by atoms with van der Waals surface area (Å²) in [5, 5.41) is 0. The highest BCUT2D eigenvalue weighted by molar-refractivity contribution is 7.90. The first-order valence-corrected chi connectivity index (χ1v) is 5.38. The van der Waals surface area contributed by atoms with Crippen molar-refractivity contribution >= 4 is 9.84 Å². The van der Waals surface area contributed by atoms with Gasteiger partial charge in [-0.3, -0.25) is 0 Å². The van der Waals surface area contributed by atoms with Crippen LogP contribution in [0.3, 0.4) is 0 Å². The van der Waals surface area contributed by atoms with Crippen LogP contribution in [0.5, 0.6) is 0 Å². The first-order valence-electron chi connectivity index (χ1n) is 3.55. The van der Waals surface area contributed by atoms with Crippen LogP contribution in [0.15, 0.2) is 23.0 Å². The lowest BCUT2D eigenvalue weighted by atomic mass is 10.4. The maximum atomic E-state index is 11.2. The van der Waals surface area contributed by atoms with Gasteiger partial charge < -0.3 is 10.2 Å². The van der Waals surface area contributed by atoms with Gasteiger partial charge in [0, 0.05) is 12.1 Å². The van der Waals surface area contributed by atoms with Gasteiger partial charge in [-0.15, -0.1) is 0 Å². The van der Waals surface area contributed by atoms with E-state index in [0.717, 1.165) is 0 Å². The van der Waals surface area contributed by atoms with Gasteiger partial charge in [-0.2, -0.15) is 0 Å². The van der Waals surface area contributed by atoms with E-state index in [-0.39, 0.29) is 18.1 Å². The summed E-state index contributed by atoms with van der Waals surface area (Å²) in [5.41, 5.74) is 5.81. The summed E-state index contributed by atoms with van der Waals surface area (Å²) in [6, 6.07) is 1.63. The van der Waals surface area contributed by atoms with Crippen molar-refractivity contribution in [1.29, 1.82) is 0 Å². The molecule has 0 aliphatic rings. The molecule has 2 N–H and O–H groups in total. The van der Waals surface area contributed by atoms with E-state index in [1.54, 1.807) is 6.07 Å². The van der Waals surface area contributed by atoms with Gasteiger partial charge in [-0.25, -0.2) is 8.42 Å². The third-order valence-electron chi connectivity index (χ3n) is 1.40. The van der Waals surface area contributed by atoms with E-state index in [9.17, 15) is 8.42 Å². The maximum Gasteiger partial charge on any atom is 0.155 e. The predicted octanol–water partition coefficient (Wildman–Crippen LogP) is 0.153. The molecule has 68 valence electrons. The first kappa shape index (κ1) is 9.28. The molecule has 1 heterocycles. The largest absolute Gasteiger partial charge is 0.472 e. The van der Waals surface area contributed by atoms with Crippen LogP contribution in [0.1, 0.15) is 5.56 Å². The highest BCUT2D eigenvalue weighted by Crippen LogP contribution is 2.06. The molecule has 0 saturated carbocycles. The summed E-state index contributed by atoms with van der Waals surface area (Å²) >= 11 is 0. The van der Waals surface area contributed by atoms with Crippen molar-refractivity contribution < 1.29 is 12.8 Å². The summed E-state index contributed by atoms with van der Waals surface area (Å²) in [6.07, 6.45) is 2.88. The molecule has 0 radical (unpaired) electrons. The summed E-state index contributed by atoms with van der Waals surface area (Å²) in [5.74, 6) is 0.0406. The zero-order chi connectivity index (χ0) is 9.03. The molecule has 0 amide bonds. The topological polar surface area (TPSA) is 73.3 Å². The number of nitrogens with two attached hydrogens (primary N) is 1. The van der Waals surface area contributed by atoms with Crippen LogP contribution >= 0.6 is 0 Å². The normalized spacial score (nSPS) is 11.8. The SMILES string of the molecule is NCCS(=O)(=O)Cc1ccoc1. The molecule has 1 aromatic heterocycles. The second-order valence-corrected chi connectivity index (χ2v) is 4.70. The third-order valence-corrected chi connectivity index (χ3v) is 3.03. The lowest BCUT2D eigenvalue weighted by Crippen LogP contribution is -2.16. The van der Waals surface area contributed by atoms with Gasteiger partial charge in [0.2, 0.25) is 0 Å². The molecule has 0 atom stereocenters. The molecule has 0 fully saturated rings. The quantitative estimate of drug-likeness (QED) is 0.731. The fourth-order valence-corrected chi connectivity index (χ4v) is 2.06. The average molecular weight is 189 g/mol. The molecular formula is C7H11NO3S. The number of rotatable bonds is 4. The molecular weight excluding hydrogens is 178 g/mol. The van der Waals surface area contributed by atoms with Crippen molar-refractivity contribution in [3.63, 3.8) is 0 Å². The average Bonchev–Trinajstić information content (AvgIpc) is 2.38. The van der Waals surface area contributed by atoms with Crippen molar-refractivity contribution in [3.8, 4) is 0 Å². The molecule has 1 aromatic rings. The lowest BCUT2D eigenvalue weighted by molar-refractivity contribution is 0.563. The minimum atomic E-state index is -3.04. The number of hydrogen-bond donors (Lipinski definition) is 1.